The fourth-order valence-electron chi connectivity index (χ4n) is 2.93. The van der Waals surface area contributed by atoms with Gasteiger partial charge < -0.3 is 5.11 Å². The van der Waals surface area contributed by atoms with Gasteiger partial charge in [-0.3, -0.25) is 19.3 Å². The Morgan fingerprint density at radius 2 is 2.00 bits per heavy atom. The molecule has 1 N–H and O–H groups in total. The van der Waals surface area contributed by atoms with E-state index in [-0.39, 0.29) is 25.3 Å². The number of carbonyl (C=O) groups is 3. The molecule has 1 aromatic carbocycles. The molecular weight excluding hydrogens is 258 g/mol. The van der Waals surface area contributed by atoms with Gasteiger partial charge in [-0.25, -0.2) is 0 Å². The van der Waals surface area contributed by atoms with Crippen LogP contribution in [0.15, 0.2) is 24.3 Å². The van der Waals surface area contributed by atoms with Crippen LogP contribution in [0.1, 0.15) is 30.9 Å². The molecule has 2 rings (SSSR count). The molecule has 0 radical (unpaired) electrons. The number of aryl methyl sites for hydroxylation is 1. The van der Waals surface area contributed by atoms with Gasteiger partial charge in [-0.2, -0.15) is 0 Å². The minimum absolute atomic E-state index is 0.0726. The summed E-state index contributed by atoms with van der Waals surface area (Å²) >= 11 is 0. The molecule has 5 heteroatoms. The van der Waals surface area contributed by atoms with Crippen LogP contribution >= 0.6 is 0 Å². The monoisotopic (exact) mass is 275 g/mol. The van der Waals surface area contributed by atoms with Gasteiger partial charge in [-0.15, -0.1) is 0 Å². The van der Waals surface area contributed by atoms with E-state index >= 15 is 0 Å². The van der Waals surface area contributed by atoms with E-state index in [9.17, 15) is 19.5 Å². The minimum Gasteiger partial charge on any atom is -0.481 e. The molecule has 20 heavy (non-hydrogen) atoms. The lowest BCUT2D eigenvalue weighted by atomic mass is 9.74. The van der Waals surface area contributed by atoms with Crippen molar-refractivity contribution in [2.75, 3.05) is 6.54 Å². The van der Waals surface area contributed by atoms with Gasteiger partial charge in [0.2, 0.25) is 11.8 Å². The van der Waals surface area contributed by atoms with Crippen molar-refractivity contribution in [3.8, 4) is 0 Å². The van der Waals surface area contributed by atoms with Gasteiger partial charge in [-0.1, -0.05) is 24.3 Å². The number of carboxylic acids is 1. The topological polar surface area (TPSA) is 74.7 Å². The third-order valence-corrected chi connectivity index (χ3v) is 3.84. The van der Waals surface area contributed by atoms with Crippen molar-refractivity contribution in [2.45, 2.75) is 32.1 Å². The first-order valence-corrected chi connectivity index (χ1v) is 6.55. The Morgan fingerprint density at radius 1 is 1.35 bits per heavy atom. The maximum atomic E-state index is 12.6. The van der Waals surface area contributed by atoms with Crippen LogP contribution in [0.4, 0.5) is 0 Å². The first-order valence-electron chi connectivity index (χ1n) is 6.55. The number of aliphatic carboxylic acids is 1. The van der Waals surface area contributed by atoms with Gasteiger partial charge in [0.25, 0.3) is 0 Å². The Morgan fingerprint density at radius 3 is 2.50 bits per heavy atom. The predicted molar refractivity (Wildman–Crippen MR) is 72.1 cm³/mol. The normalized spacial score (nSPS) is 22.4. The van der Waals surface area contributed by atoms with E-state index in [1.165, 1.54) is 0 Å². The average Bonchev–Trinajstić information content (AvgIpc) is 2.61. The van der Waals surface area contributed by atoms with E-state index in [0.717, 1.165) is 10.5 Å². The molecule has 0 aliphatic carbocycles. The predicted octanol–water partition coefficient (Wildman–Crippen LogP) is 1.49. The standard InChI is InChI=1S/C15H17NO4/c1-3-16-12(17)8-15(14(16)20,9-13(18)19)11-7-5-4-6-10(11)2/h4-7H,3,8-9H2,1-2H3,(H,18,19)/t15-/m1/s1. The lowest BCUT2D eigenvalue weighted by Crippen LogP contribution is -2.40. The Labute approximate surface area is 117 Å². The molecule has 0 spiro atoms. The van der Waals surface area contributed by atoms with Crippen LogP contribution < -0.4 is 0 Å². The van der Waals surface area contributed by atoms with E-state index in [2.05, 4.69) is 0 Å². The SMILES string of the molecule is CCN1C(=O)C[C@@](CC(=O)O)(c2ccccc2C)C1=O. The largest absolute Gasteiger partial charge is 0.481 e. The summed E-state index contributed by atoms with van der Waals surface area (Å²) in [6.07, 6.45) is -0.435. The van der Waals surface area contributed by atoms with E-state index in [4.69, 9.17) is 0 Å². The Balaban J connectivity index is 2.59. The lowest BCUT2D eigenvalue weighted by Gasteiger charge is -2.27. The summed E-state index contributed by atoms with van der Waals surface area (Å²) in [5, 5.41) is 9.17. The van der Waals surface area contributed by atoms with Crippen LogP contribution in [-0.2, 0) is 19.8 Å². The maximum Gasteiger partial charge on any atom is 0.304 e. The van der Waals surface area contributed by atoms with Gasteiger partial charge >= 0.3 is 5.97 Å². The minimum atomic E-state index is -1.26. The molecular formula is C15H17NO4. The van der Waals surface area contributed by atoms with Crippen LogP contribution in [0.2, 0.25) is 0 Å². The number of carboxylic acid groups (broad SMARTS) is 1. The zero-order chi connectivity index (χ0) is 14.9. The molecule has 2 amide bonds. The molecule has 0 unspecified atom stereocenters. The molecule has 0 saturated carbocycles. The smallest absolute Gasteiger partial charge is 0.304 e. The van der Waals surface area contributed by atoms with Crippen LogP contribution in [0.5, 0.6) is 0 Å². The molecule has 106 valence electrons. The number of hydrogen-bond acceptors (Lipinski definition) is 3. The Hall–Kier alpha value is -2.17. The molecule has 1 atom stereocenters. The number of hydrogen-bond donors (Lipinski definition) is 1. The first-order chi connectivity index (χ1) is 9.42. The fraction of sp³-hybridized carbons (Fsp3) is 0.400. The highest BCUT2D eigenvalue weighted by molar-refractivity contribution is 6.10. The fourth-order valence-corrected chi connectivity index (χ4v) is 2.93. The van der Waals surface area contributed by atoms with E-state index in [1.54, 1.807) is 19.1 Å². The van der Waals surface area contributed by atoms with Gasteiger partial charge in [0.1, 0.15) is 0 Å². The summed E-state index contributed by atoms with van der Waals surface area (Å²) in [6, 6.07) is 7.15. The summed E-state index contributed by atoms with van der Waals surface area (Å²) < 4.78 is 0. The van der Waals surface area contributed by atoms with Gasteiger partial charge in [-0.05, 0) is 25.0 Å². The van der Waals surface area contributed by atoms with E-state index < -0.39 is 17.3 Å². The molecule has 0 aromatic heterocycles. The van der Waals surface area contributed by atoms with Gasteiger partial charge in [0.05, 0.1) is 11.8 Å². The molecule has 1 aliphatic heterocycles. The Bertz CT molecular complexity index is 581. The number of likely N-dealkylation sites (N-methyl/N-ethyl adjacent to an activating group) is 1. The van der Waals surface area contributed by atoms with Crippen molar-refractivity contribution < 1.29 is 19.5 Å². The third-order valence-electron chi connectivity index (χ3n) is 3.84. The maximum absolute atomic E-state index is 12.6. The highest BCUT2D eigenvalue weighted by Crippen LogP contribution is 2.41. The van der Waals surface area contributed by atoms with Crippen LogP contribution in [-0.4, -0.2) is 34.3 Å². The van der Waals surface area contributed by atoms with Crippen molar-refractivity contribution in [3.05, 3.63) is 35.4 Å². The molecule has 1 saturated heterocycles. The first kappa shape index (κ1) is 14.2. The van der Waals surface area contributed by atoms with Crippen molar-refractivity contribution in [3.63, 3.8) is 0 Å². The number of benzene rings is 1. The third kappa shape index (κ3) is 2.09. The van der Waals surface area contributed by atoms with Gasteiger partial charge in [0, 0.05) is 13.0 Å². The number of amides is 2. The molecule has 1 aliphatic rings. The number of imide groups is 1. The van der Waals surface area contributed by atoms with Crippen LogP contribution in [0.25, 0.3) is 0 Å². The lowest BCUT2D eigenvalue weighted by molar-refractivity contribution is -0.144. The molecule has 5 nitrogen and oxygen atoms in total. The summed E-state index contributed by atoms with van der Waals surface area (Å²) in [6.45, 7) is 3.81. The number of likely N-dealkylation sites (tertiary alicyclic amines) is 1. The molecule has 1 aromatic rings. The second-order valence-corrected chi connectivity index (χ2v) is 5.09. The Kier molecular flexibility index (Phi) is 3.61. The second kappa shape index (κ2) is 5.07. The molecule has 1 fully saturated rings. The molecule has 0 bridgehead atoms. The number of rotatable bonds is 4. The molecule has 1 heterocycles. The highest BCUT2D eigenvalue weighted by atomic mass is 16.4. The van der Waals surface area contributed by atoms with Crippen LogP contribution in [0.3, 0.4) is 0 Å². The number of nitrogens with zero attached hydrogens (tertiary/aromatic N) is 1. The quantitative estimate of drug-likeness (QED) is 0.845. The zero-order valence-corrected chi connectivity index (χ0v) is 11.5. The van der Waals surface area contributed by atoms with Crippen molar-refractivity contribution >= 4 is 17.8 Å². The average molecular weight is 275 g/mol. The van der Waals surface area contributed by atoms with E-state index in [0.29, 0.717) is 5.56 Å². The van der Waals surface area contributed by atoms with Crippen molar-refractivity contribution in [1.82, 2.24) is 4.90 Å². The van der Waals surface area contributed by atoms with E-state index in [1.807, 2.05) is 19.1 Å². The second-order valence-electron chi connectivity index (χ2n) is 5.09. The summed E-state index contributed by atoms with van der Waals surface area (Å²) in [5.74, 6) is -1.78. The van der Waals surface area contributed by atoms with Crippen molar-refractivity contribution in [2.24, 2.45) is 0 Å². The summed E-state index contributed by atoms with van der Waals surface area (Å²) in [4.78, 5) is 37.0. The highest BCUT2D eigenvalue weighted by Gasteiger charge is 2.53. The summed E-state index contributed by atoms with van der Waals surface area (Å²) in [5.41, 5.74) is 0.203. The zero-order valence-electron chi connectivity index (χ0n) is 11.5. The van der Waals surface area contributed by atoms with Crippen LogP contribution in [0, 0.1) is 6.92 Å². The van der Waals surface area contributed by atoms with Gasteiger partial charge in [0.15, 0.2) is 0 Å². The summed E-state index contributed by atoms with van der Waals surface area (Å²) in [7, 11) is 0. The number of carbonyl (C=O) groups excluding carboxylic acids is 2. The van der Waals surface area contributed by atoms with Crippen molar-refractivity contribution in [1.29, 1.82) is 0 Å².